The average Bonchev–Trinajstić information content (AvgIpc) is 2.49. The van der Waals surface area contributed by atoms with E-state index in [-0.39, 0.29) is 12.1 Å². The zero-order chi connectivity index (χ0) is 14.8. The van der Waals surface area contributed by atoms with Crippen molar-refractivity contribution in [3.8, 4) is 11.5 Å². The molecule has 1 heterocycles. The molecule has 0 spiro atoms. The highest BCUT2D eigenvalue weighted by molar-refractivity contribution is 6.30. The molecular formula is C17H18ClNO2. The number of halogens is 1. The van der Waals surface area contributed by atoms with Crippen molar-refractivity contribution in [1.29, 1.82) is 0 Å². The van der Waals surface area contributed by atoms with Crippen LogP contribution in [0.3, 0.4) is 0 Å². The SMILES string of the molecule is CCOc1ccccc1C1C[C@H](N)c2cc(Cl)ccc2O1. The van der Waals surface area contributed by atoms with Crippen LogP contribution in [0.2, 0.25) is 5.02 Å². The lowest BCUT2D eigenvalue weighted by Crippen LogP contribution is -2.24. The van der Waals surface area contributed by atoms with Crippen LogP contribution in [0.5, 0.6) is 11.5 Å². The average molecular weight is 304 g/mol. The summed E-state index contributed by atoms with van der Waals surface area (Å²) in [5, 5.41) is 0.681. The highest BCUT2D eigenvalue weighted by atomic mass is 35.5. The van der Waals surface area contributed by atoms with E-state index in [0.717, 1.165) is 22.6 Å². The van der Waals surface area contributed by atoms with Gasteiger partial charge in [0.2, 0.25) is 0 Å². The summed E-state index contributed by atoms with van der Waals surface area (Å²) in [6.07, 6.45) is 0.605. The first-order valence-corrected chi connectivity index (χ1v) is 7.50. The number of rotatable bonds is 3. The van der Waals surface area contributed by atoms with Gasteiger partial charge < -0.3 is 15.2 Å². The molecule has 2 aromatic rings. The molecule has 4 heteroatoms. The molecule has 0 saturated heterocycles. The summed E-state index contributed by atoms with van der Waals surface area (Å²) in [4.78, 5) is 0. The van der Waals surface area contributed by atoms with E-state index in [9.17, 15) is 0 Å². The Balaban J connectivity index is 1.94. The molecule has 1 unspecified atom stereocenters. The van der Waals surface area contributed by atoms with E-state index in [4.69, 9.17) is 26.8 Å². The van der Waals surface area contributed by atoms with Crippen LogP contribution in [0.1, 0.15) is 36.6 Å². The lowest BCUT2D eigenvalue weighted by molar-refractivity contribution is 0.156. The first kappa shape index (κ1) is 14.2. The van der Waals surface area contributed by atoms with Gasteiger partial charge in [-0.25, -0.2) is 0 Å². The van der Waals surface area contributed by atoms with Crippen LogP contribution in [-0.2, 0) is 0 Å². The van der Waals surface area contributed by atoms with E-state index >= 15 is 0 Å². The van der Waals surface area contributed by atoms with Gasteiger partial charge in [-0.2, -0.15) is 0 Å². The standard InChI is InChI=1S/C17H18ClNO2/c1-2-20-15-6-4-3-5-12(15)17-10-14(19)13-9-11(18)7-8-16(13)21-17/h3-9,14,17H,2,10,19H2,1H3/t14-,17?/m0/s1. The summed E-state index contributed by atoms with van der Waals surface area (Å²) in [6, 6.07) is 13.4. The van der Waals surface area contributed by atoms with Gasteiger partial charge in [0.25, 0.3) is 0 Å². The van der Waals surface area contributed by atoms with E-state index in [1.165, 1.54) is 0 Å². The summed E-state index contributed by atoms with van der Waals surface area (Å²) >= 11 is 6.03. The molecule has 0 fully saturated rings. The summed E-state index contributed by atoms with van der Waals surface area (Å²) < 4.78 is 11.8. The van der Waals surface area contributed by atoms with E-state index in [2.05, 4.69) is 0 Å². The number of hydrogen-bond donors (Lipinski definition) is 1. The third-order valence-electron chi connectivity index (χ3n) is 3.67. The number of para-hydroxylation sites is 1. The number of benzene rings is 2. The predicted octanol–water partition coefficient (Wildman–Crippen LogP) is 4.26. The Morgan fingerprint density at radius 1 is 1.24 bits per heavy atom. The maximum atomic E-state index is 6.29. The predicted molar refractivity (Wildman–Crippen MR) is 84.0 cm³/mol. The van der Waals surface area contributed by atoms with Crippen LogP contribution in [-0.4, -0.2) is 6.61 Å². The molecule has 3 rings (SSSR count). The number of nitrogens with two attached hydrogens (primary N) is 1. The van der Waals surface area contributed by atoms with Gasteiger partial charge in [-0.3, -0.25) is 0 Å². The highest BCUT2D eigenvalue weighted by Gasteiger charge is 2.29. The number of ether oxygens (including phenoxy) is 2. The van der Waals surface area contributed by atoms with Crippen LogP contribution in [0, 0.1) is 0 Å². The summed E-state index contributed by atoms with van der Waals surface area (Å²) in [5.41, 5.74) is 8.29. The molecule has 1 aliphatic rings. The van der Waals surface area contributed by atoms with Crippen molar-refractivity contribution in [2.45, 2.75) is 25.5 Å². The Kier molecular flexibility index (Phi) is 4.04. The molecule has 0 saturated carbocycles. The first-order chi connectivity index (χ1) is 10.2. The van der Waals surface area contributed by atoms with Crippen LogP contribution >= 0.6 is 11.6 Å². The molecule has 3 nitrogen and oxygen atoms in total. The van der Waals surface area contributed by atoms with Crippen molar-refractivity contribution in [1.82, 2.24) is 0 Å². The normalized spacial score (nSPS) is 20.5. The Labute approximate surface area is 129 Å². The van der Waals surface area contributed by atoms with Crippen molar-refractivity contribution in [3.05, 3.63) is 58.6 Å². The largest absolute Gasteiger partial charge is 0.493 e. The summed E-state index contributed by atoms with van der Waals surface area (Å²) in [5.74, 6) is 1.66. The highest BCUT2D eigenvalue weighted by Crippen LogP contribution is 2.42. The fourth-order valence-electron chi connectivity index (χ4n) is 2.70. The van der Waals surface area contributed by atoms with Gasteiger partial charge in [0.1, 0.15) is 17.6 Å². The molecule has 110 valence electrons. The van der Waals surface area contributed by atoms with E-state index in [1.54, 1.807) is 0 Å². The topological polar surface area (TPSA) is 44.5 Å². The smallest absolute Gasteiger partial charge is 0.129 e. The second-order valence-corrected chi connectivity index (χ2v) is 5.54. The molecule has 21 heavy (non-hydrogen) atoms. The lowest BCUT2D eigenvalue weighted by Gasteiger charge is -2.31. The Bertz CT molecular complexity index is 644. The van der Waals surface area contributed by atoms with Crippen LogP contribution in [0.4, 0.5) is 0 Å². The van der Waals surface area contributed by atoms with Crippen molar-refractivity contribution in [2.24, 2.45) is 5.73 Å². The van der Waals surface area contributed by atoms with Crippen molar-refractivity contribution >= 4 is 11.6 Å². The summed E-state index contributed by atoms with van der Waals surface area (Å²) in [6.45, 7) is 2.60. The Morgan fingerprint density at radius 3 is 2.86 bits per heavy atom. The van der Waals surface area contributed by atoms with Gasteiger partial charge in [0.05, 0.1) is 6.61 Å². The van der Waals surface area contributed by atoms with E-state index < -0.39 is 0 Å². The number of fused-ring (bicyclic) bond motifs is 1. The minimum atomic E-state index is -0.101. The molecule has 2 atom stereocenters. The molecule has 0 amide bonds. The van der Waals surface area contributed by atoms with Crippen LogP contribution < -0.4 is 15.2 Å². The van der Waals surface area contributed by atoms with Gasteiger partial charge in [0.15, 0.2) is 0 Å². The van der Waals surface area contributed by atoms with Crippen molar-refractivity contribution < 1.29 is 9.47 Å². The van der Waals surface area contributed by atoms with Crippen LogP contribution in [0.15, 0.2) is 42.5 Å². The number of hydrogen-bond acceptors (Lipinski definition) is 3. The molecule has 0 aromatic heterocycles. The zero-order valence-corrected chi connectivity index (χ0v) is 12.6. The Morgan fingerprint density at radius 2 is 2.05 bits per heavy atom. The van der Waals surface area contributed by atoms with Gasteiger partial charge in [-0.05, 0) is 31.2 Å². The third-order valence-corrected chi connectivity index (χ3v) is 3.91. The summed E-state index contributed by atoms with van der Waals surface area (Å²) in [7, 11) is 0. The zero-order valence-electron chi connectivity index (χ0n) is 11.9. The molecular weight excluding hydrogens is 286 g/mol. The monoisotopic (exact) mass is 303 g/mol. The maximum Gasteiger partial charge on any atom is 0.129 e. The maximum absolute atomic E-state index is 6.29. The minimum Gasteiger partial charge on any atom is -0.493 e. The molecule has 1 aliphatic heterocycles. The molecule has 0 bridgehead atoms. The quantitative estimate of drug-likeness (QED) is 0.921. The molecule has 0 radical (unpaired) electrons. The fraction of sp³-hybridized carbons (Fsp3) is 0.294. The second kappa shape index (κ2) is 5.96. The minimum absolute atomic E-state index is 0.0906. The first-order valence-electron chi connectivity index (χ1n) is 7.12. The van der Waals surface area contributed by atoms with Crippen molar-refractivity contribution in [2.75, 3.05) is 6.61 Å². The fourth-order valence-corrected chi connectivity index (χ4v) is 2.88. The van der Waals surface area contributed by atoms with Gasteiger partial charge in [-0.1, -0.05) is 29.8 Å². The Hall–Kier alpha value is -1.71. The van der Waals surface area contributed by atoms with Gasteiger partial charge in [0, 0.05) is 28.6 Å². The van der Waals surface area contributed by atoms with Crippen molar-refractivity contribution in [3.63, 3.8) is 0 Å². The van der Waals surface area contributed by atoms with E-state index in [0.29, 0.717) is 18.1 Å². The third kappa shape index (κ3) is 2.85. The van der Waals surface area contributed by atoms with Gasteiger partial charge >= 0.3 is 0 Å². The molecule has 2 N–H and O–H groups in total. The van der Waals surface area contributed by atoms with E-state index in [1.807, 2.05) is 49.4 Å². The second-order valence-electron chi connectivity index (χ2n) is 5.10. The molecule has 0 aliphatic carbocycles. The van der Waals surface area contributed by atoms with Gasteiger partial charge in [-0.15, -0.1) is 0 Å². The lowest BCUT2D eigenvalue weighted by atomic mass is 9.93. The van der Waals surface area contributed by atoms with Crippen LogP contribution in [0.25, 0.3) is 0 Å². The molecule has 2 aromatic carbocycles.